The molecule has 0 aliphatic rings. The van der Waals surface area contributed by atoms with Crippen molar-refractivity contribution in [1.29, 1.82) is 0 Å². The molecule has 0 saturated carbocycles. The Kier molecular flexibility index (Phi) is 4.99. The largest absolute Gasteiger partial charge is 0.480 e. The summed E-state index contributed by atoms with van der Waals surface area (Å²) in [5.74, 6) is -1.25. The van der Waals surface area contributed by atoms with E-state index in [0.29, 0.717) is 0 Å². The van der Waals surface area contributed by atoms with Crippen molar-refractivity contribution < 1.29 is 18.3 Å². The predicted octanol–water partition coefficient (Wildman–Crippen LogP) is -1.77. The quantitative estimate of drug-likeness (QED) is 0.426. The molecule has 0 spiro atoms. The fourth-order valence-electron chi connectivity index (χ4n) is 0.639. The maximum Gasteiger partial charge on any atom is 0.321 e. The van der Waals surface area contributed by atoms with Gasteiger partial charge in [0, 0.05) is 12.6 Å². The summed E-state index contributed by atoms with van der Waals surface area (Å²) in [6.45, 7) is 2.96. The fraction of sp³-hybridized carbons (Fsp3) is 0.833. The number of carbonyl (C=O) groups is 1. The van der Waals surface area contributed by atoms with Gasteiger partial charge in [-0.05, 0) is 13.8 Å². The van der Waals surface area contributed by atoms with Crippen LogP contribution in [0.1, 0.15) is 13.8 Å². The summed E-state index contributed by atoms with van der Waals surface area (Å²) >= 11 is 0. The number of nitrogens with one attached hydrogen (secondary N) is 2. The van der Waals surface area contributed by atoms with Gasteiger partial charge in [0.25, 0.3) is 10.2 Å². The molecule has 8 heteroatoms. The van der Waals surface area contributed by atoms with Crippen LogP contribution in [0, 0.1) is 0 Å². The Morgan fingerprint density at radius 2 is 2.00 bits per heavy atom. The van der Waals surface area contributed by atoms with E-state index in [0.717, 1.165) is 0 Å². The molecule has 0 radical (unpaired) electrons. The number of carboxylic acid groups (broad SMARTS) is 1. The standard InChI is InChI=1S/C6H15N3O4S/c1-4(2)9-14(12,13)8-3-5(7)6(10)11/h4-5,8-9H,3,7H2,1-2H3,(H,10,11)/t5-/m0/s1. The number of rotatable bonds is 6. The highest BCUT2D eigenvalue weighted by Gasteiger charge is 2.16. The van der Waals surface area contributed by atoms with E-state index in [1.54, 1.807) is 13.8 Å². The van der Waals surface area contributed by atoms with Crippen molar-refractivity contribution in [3.8, 4) is 0 Å². The Hall–Kier alpha value is -0.700. The zero-order chi connectivity index (χ0) is 11.4. The van der Waals surface area contributed by atoms with Gasteiger partial charge in [-0.3, -0.25) is 4.79 Å². The summed E-state index contributed by atoms with van der Waals surface area (Å²) in [4.78, 5) is 10.3. The minimum atomic E-state index is -3.65. The van der Waals surface area contributed by atoms with Gasteiger partial charge in [0.1, 0.15) is 6.04 Å². The summed E-state index contributed by atoms with van der Waals surface area (Å²) < 4.78 is 26.4. The van der Waals surface area contributed by atoms with Crippen molar-refractivity contribution >= 4 is 16.2 Å². The van der Waals surface area contributed by atoms with Crippen LogP contribution >= 0.6 is 0 Å². The van der Waals surface area contributed by atoms with E-state index in [1.807, 2.05) is 4.72 Å². The molecule has 0 aliphatic carbocycles. The lowest BCUT2D eigenvalue weighted by molar-refractivity contribution is -0.138. The monoisotopic (exact) mass is 225 g/mol. The van der Waals surface area contributed by atoms with Gasteiger partial charge in [0.2, 0.25) is 0 Å². The first-order valence-corrected chi connectivity index (χ1v) is 5.48. The molecular formula is C6H15N3O4S. The lowest BCUT2D eigenvalue weighted by atomic mass is 10.3. The van der Waals surface area contributed by atoms with Gasteiger partial charge >= 0.3 is 5.97 Å². The first-order chi connectivity index (χ1) is 6.24. The third-order valence-corrected chi connectivity index (χ3v) is 2.53. The SMILES string of the molecule is CC(C)NS(=O)(=O)NC[C@H](N)C(=O)O. The Morgan fingerprint density at radius 3 is 2.36 bits per heavy atom. The molecule has 0 heterocycles. The third-order valence-electron chi connectivity index (χ3n) is 1.20. The van der Waals surface area contributed by atoms with Crippen LogP contribution < -0.4 is 15.2 Å². The van der Waals surface area contributed by atoms with Crippen LogP contribution in [0.4, 0.5) is 0 Å². The zero-order valence-electron chi connectivity index (χ0n) is 8.02. The average Bonchev–Trinajstić information content (AvgIpc) is 1.97. The number of nitrogens with two attached hydrogens (primary N) is 1. The van der Waals surface area contributed by atoms with Gasteiger partial charge in [0.15, 0.2) is 0 Å². The van der Waals surface area contributed by atoms with Gasteiger partial charge in [-0.2, -0.15) is 13.1 Å². The molecule has 84 valence electrons. The van der Waals surface area contributed by atoms with Crippen LogP contribution in [0.2, 0.25) is 0 Å². The number of carboxylic acids is 1. The summed E-state index contributed by atoms with van der Waals surface area (Å²) in [7, 11) is -3.65. The topological polar surface area (TPSA) is 122 Å². The summed E-state index contributed by atoms with van der Waals surface area (Å²) in [5.41, 5.74) is 5.10. The Bertz CT molecular complexity index is 287. The molecule has 1 atom stereocenters. The van der Waals surface area contributed by atoms with Crippen molar-refractivity contribution in [2.24, 2.45) is 5.73 Å². The second-order valence-corrected chi connectivity index (χ2v) is 4.60. The highest BCUT2D eigenvalue weighted by Crippen LogP contribution is 1.84. The molecule has 0 aliphatic heterocycles. The molecule has 0 saturated heterocycles. The molecule has 0 aromatic carbocycles. The first-order valence-electron chi connectivity index (χ1n) is 4.00. The van der Waals surface area contributed by atoms with Crippen LogP contribution in [-0.4, -0.2) is 38.1 Å². The molecular weight excluding hydrogens is 210 g/mol. The first kappa shape index (κ1) is 13.3. The molecule has 0 unspecified atom stereocenters. The Labute approximate surface area is 82.9 Å². The minimum Gasteiger partial charge on any atom is -0.480 e. The lowest BCUT2D eigenvalue weighted by Gasteiger charge is -2.12. The summed E-state index contributed by atoms with van der Waals surface area (Å²) in [6, 6.07) is -1.49. The molecule has 0 rings (SSSR count). The summed E-state index contributed by atoms with van der Waals surface area (Å²) in [6.07, 6.45) is 0. The van der Waals surface area contributed by atoms with E-state index in [4.69, 9.17) is 10.8 Å². The van der Waals surface area contributed by atoms with Crippen LogP contribution in [0.25, 0.3) is 0 Å². The maximum atomic E-state index is 11.1. The van der Waals surface area contributed by atoms with Crippen molar-refractivity contribution in [3.63, 3.8) is 0 Å². The lowest BCUT2D eigenvalue weighted by Crippen LogP contribution is -2.47. The van der Waals surface area contributed by atoms with E-state index >= 15 is 0 Å². The van der Waals surface area contributed by atoms with Gasteiger partial charge in [-0.25, -0.2) is 4.72 Å². The van der Waals surface area contributed by atoms with Gasteiger partial charge in [-0.1, -0.05) is 0 Å². The highest BCUT2D eigenvalue weighted by molar-refractivity contribution is 7.87. The van der Waals surface area contributed by atoms with Crippen molar-refractivity contribution in [1.82, 2.24) is 9.44 Å². The molecule has 0 bridgehead atoms. The molecule has 0 amide bonds. The maximum absolute atomic E-state index is 11.1. The molecule has 0 fully saturated rings. The summed E-state index contributed by atoms with van der Waals surface area (Å²) in [5, 5.41) is 8.38. The molecule has 14 heavy (non-hydrogen) atoms. The molecule has 5 N–H and O–H groups in total. The molecule has 0 aromatic heterocycles. The van der Waals surface area contributed by atoms with Gasteiger partial charge < -0.3 is 10.8 Å². The van der Waals surface area contributed by atoms with Gasteiger partial charge in [0.05, 0.1) is 0 Å². The second-order valence-electron chi connectivity index (χ2n) is 3.07. The number of aliphatic carboxylic acids is 1. The normalized spacial score (nSPS) is 14.3. The van der Waals surface area contributed by atoms with Gasteiger partial charge in [-0.15, -0.1) is 0 Å². The van der Waals surface area contributed by atoms with Crippen LogP contribution in [0.15, 0.2) is 0 Å². The van der Waals surface area contributed by atoms with E-state index in [9.17, 15) is 13.2 Å². The highest BCUT2D eigenvalue weighted by atomic mass is 32.2. The van der Waals surface area contributed by atoms with Crippen LogP contribution in [-0.2, 0) is 15.0 Å². The predicted molar refractivity (Wildman–Crippen MR) is 50.8 cm³/mol. The number of hydrogen-bond donors (Lipinski definition) is 4. The van der Waals surface area contributed by atoms with Crippen LogP contribution in [0.3, 0.4) is 0 Å². The van der Waals surface area contributed by atoms with Crippen molar-refractivity contribution in [3.05, 3.63) is 0 Å². The average molecular weight is 225 g/mol. The van der Waals surface area contributed by atoms with E-state index in [2.05, 4.69) is 4.72 Å². The van der Waals surface area contributed by atoms with Crippen LogP contribution in [0.5, 0.6) is 0 Å². The Balaban J connectivity index is 4.06. The fourth-order valence-corrected chi connectivity index (χ4v) is 1.74. The third kappa shape index (κ3) is 5.86. The smallest absolute Gasteiger partial charge is 0.321 e. The number of hydrogen-bond acceptors (Lipinski definition) is 4. The molecule has 7 nitrogen and oxygen atoms in total. The van der Waals surface area contributed by atoms with E-state index in [1.165, 1.54) is 0 Å². The Morgan fingerprint density at radius 1 is 1.50 bits per heavy atom. The van der Waals surface area contributed by atoms with E-state index in [-0.39, 0.29) is 12.6 Å². The minimum absolute atomic E-state index is 0.256. The second kappa shape index (κ2) is 5.25. The zero-order valence-corrected chi connectivity index (χ0v) is 8.84. The molecule has 0 aromatic rings. The van der Waals surface area contributed by atoms with Crippen molar-refractivity contribution in [2.75, 3.05) is 6.54 Å². The van der Waals surface area contributed by atoms with E-state index < -0.39 is 22.2 Å². The van der Waals surface area contributed by atoms with Crippen molar-refractivity contribution in [2.45, 2.75) is 25.9 Å².